The molecule has 0 N–H and O–H groups in total. The van der Waals surface area contributed by atoms with Crippen molar-refractivity contribution in [3.63, 3.8) is 0 Å². The SMILES string of the molecule is CC(C)(C)C(=O)c1cccc2cnccc12. The second-order valence-corrected chi connectivity index (χ2v) is 4.98. The van der Waals surface area contributed by atoms with Gasteiger partial charge in [-0.1, -0.05) is 39.0 Å². The zero-order valence-electron chi connectivity index (χ0n) is 9.82. The largest absolute Gasteiger partial charge is 0.294 e. The van der Waals surface area contributed by atoms with Gasteiger partial charge in [-0.3, -0.25) is 9.78 Å². The molecule has 1 aromatic heterocycles. The lowest BCUT2D eigenvalue weighted by atomic mass is 9.85. The third-order valence-electron chi connectivity index (χ3n) is 2.61. The van der Waals surface area contributed by atoms with Gasteiger partial charge in [0, 0.05) is 28.8 Å². The molecule has 16 heavy (non-hydrogen) atoms. The van der Waals surface area contributed by atoms with Gasteiger partial charge >= 0.3 is 0 Å². The molecule has 0 saturated heterocycles. The molecular weight excluding hydrogens is 198 g/mol. The van der Waals surface area contributed by atoms with Gasteiger partial charge in [0.1, 0.15) is 0 Å². The Labute approximate surface area is 95.3 Å². The Hall–Kier alpha value is -1.70. The van der Waals surface area contributed by atoms with E-state index in [0.29, 0.717) is 0 Å². The van der Waals surface area contributed by atoms with Crippen LogP contribution < -0.4 is 0 Å². The Morgan fingerprint density at radius 2 is 1.94 bits per heavy atom. The predicted octanol–water partition coefficient (Wildman–Crippen LogP) is 3.46. The van der Waals surface area contributed by atoms with E-state index in [1.54, 1.807) is 12.4 Å². The van der Waals surface area contributed by atoms with Gasteiger partial charge in [-0.05, 0) is 11.5 Å². The van der Waals surface area contributed by atoms with E-state index in [9.17, 15) is 4.79 Å². The second-order valence-electron chi connectivity index (χ2n) is 4.98. The molecule has 0 saturated carbocycles. The Morgan fingerprint density at radius 1 is 1.19 bits per heavy atom. The Kier molecular flexibility index (Phi) is 2.50. The average Bonchev–Trinajstić information content (AvgIpc) is 2.26. The summed E-state index contributed by atoms with van der Waals surface area (Å²) in [6.07, 6.45) is 3.51. The minimum Gasteiger partial charge on any atom is -0.294 e. The first-order valence-corrected chi connectivity index (χ1v) is 5.38. The molecule has 0 radical (unpaired) electrons. The fourth-order valence-electron chi connectivity index (χ4n) is 1.72. The number of hydrogen-bond acceptors (Lipinski definition) is 2. The van der Waals surface area contributed by atoms with Gasteiger partial charge in [-0.25, -0.2) is 0 Å². The topological polar surface area (TPSA) is 30.0 Å². The summed E-state index contributed by atoms with van der Waals surface area (Å²) >= 11 is 0. The van der Waals surface area contributed by atoms with Crippen molar-refractivity contribution in [2.24, 2.45) is 5.41 Å². The Balaban J connectivity index is 2.66. The van der Waals surface area contributed by atoms with Gasteiger partial charge < -0.3 is 0 Å². The summed E-state index contributed by atoms with van der Waals surface area (Å²) in [6.45, 7) is 5.82. The number of hydrogen-bond donors (Lipinski definition) is 0. The molecular formula is C14H15NO. The van der Waals surface area contributed by atoms with E-state index in [2.05, 4.69) is 4.98 Å². The van der Waals surface area contributed by atoms with Crippen molar-refractivity contribution in [2.75, 3.05) is 0 Å². The van der Waals surface area contributed by atoms with Crippen LogP contribution in [0.1, 0.15) is 31.1 Å². The third-order valence-corrected chi connectivity index (χ3v) is 2.61. The van der Waals surface area contributed by atoms with Crippen LogP contribution in [0.5, 0.6) is 0 Å². The highest BCUT2D eigenvalue weighted by Gasteiger charge is 2.24. The van der Waals surface area contributed by atoms with E-state index in [0.717, 1.165) is 16.3 Å². The summed E-state index contributed by atoms with van der Waals surface area (Å²) in [7, 11) is 0. The van der Waals surface area contributed by atoms with Crippen LogP contribution in [0, 0.1) is 5.41 Å². The van der Waals surface area contributed by atoms with Crippen LogP contribution in [-0.4, -0.2) is 10.8 Å². The summed E-state index contributed by atoms with van der Waals surface area (Å²) in [6, 6.07) is 7.66. The molecule has 0 aliphatic carbocycles. The lowest BCUT2D eigenvalue weighted by Gasteiger charge is -2.17. The van der Waals surface area contributed by atoms with Gasteiger partial charge in [0.25, 0.3) is 0 Å². The number of aromatic nitrogens is 1. The van der Waals surface area contributed by atoms with Crippen LogP contribution >= 0.6 is 0 Å². The van der Waals surface area contributed by atoms with Crippen LogP contribution in [0.25, 0.3) is 10.8 Å². The number of carbonyl (C=O) groups is 1. The van der Waals surface area contributed by atoms with Crippen LogP contribution in [-0.2, 0) is 0 Å². The van der Waals surface area contributed by atoms with Gasteiger partial charge in [0.15, 0.2) is 5.78 Å². The van der Waals surface area contributed by atoms with Crippen LogP contribution in [0.2, 0.25) is 0 Å². The number of benzene rings is 1. The van der Waals surface area contributed by atoms with Gasteiger partial charge in [0.2, 0.25) is 0 Å². The van der Waals surface area contributed by atoms with E-state index >= 15 is 0 Å². The molecule has 2 heteroatoms. The smallest absolute Gasteiger partial charge is 0.168 e. The normalized spacial score (nSPS) is 11.7. The minimum atomic E-state index is -0.350. The molecule has 0 amide bonds. The van der Waals surface area contributed by atoms with Crippen molar-refractivity contribution in [1.29, 1.82) is 0 Å². The molecule has 82 valence electrons. The molecule has 2 rings (SSSR count). The molecule has 0 spiro atoms. The molecule has 1 heterocycles. The molecule has 2 nitrogen and oxygen atoms in total. The highest BCUT2D eigenvalue weighted by atomic mass is 16.1. The summed E-state index contributed by atoms with van der Waals surface area (Å²) in [5.74, 6) is 0.171. The van der Waals surface area contributed by atoms with Crippen molar-refractivity contribution in [3.05, 3.63) is 42.2 Å². The van der Waals surface area contributed by atoms with Crippen LogP contribution in [0.4, 0.5) is 0 Å². The molecule has 1 aromatic carbocycles. The van der Waals surface area contributed by atoms with Crippen molar-refractivity contribution >= 4 is 16.6 Å². The minimum absolute atomic E-state index is 0.171. The summed E-state index contributed by atoms with van der Waals surface area (Å²) in [4.78, 5) is 16.3. The van der Waals surface area contributed by atoms with Gasteiger partial charge in [0.05, 0.1) is 0 Å². The second kappa shape index (κ2) is 3.71. The maximum absolute atomic E-state index is 12.3. The van der Waals surface area contributed by atoms with E-state index in [-0.39, 0.29) is 11.2 Å². The quantitative estimate of drug-likeness (QED) is 0.679. The highest BCUT2D eigenvalue weighted by Crippen LogP contribution is 2.26. The van der Waals surface area contributed by atoms with Crippen LogP contribution in [0.15, 0.2) is 36.7 Å². The van der Waals surface area contributed by atoms with Gasteiger partial charge in [-0.2, -0.15) is 0 Å². The van der Waals surface area contributed by atoms with E-state index in [1.165, 1.54) is 0 Å². The molecule has 0 unspecified atom stereocenters. The maximum Gasteiger partial charge on any atom is 0.168 e. The Bertz CT molecular complexity index is 532. The Morgan fingerprint density at radius 3 is 2.62 bits per heavy atom. The van der Waals surface area contributed by atoms with Crippen molar-refractivity contribution in [2.45, 2.75) is 20.8 Å². The van der Waals surface area contributed by atoms with E-state index in [4.69, 9.17) is 0 Å². The van der Waals surface area contributed by atoms with Gasteiger partial charge in [-0.15, -0.1) is 0 Å². The summed E-state index contributed by atoms with van der Waals surface area (Å²) in [5, 5.41) is 2.00. The number of fused-ring (bicyclic) bond motifs is 1. The molecule has 2 aromatic rings. The van der Waals surface area contributed by atoms with Crippen molar-refractivity contribution in [1.82, 2.24) is 4.98 Å². The number of Topliss-reactive ketones (excluding diaryl/α,β-unsaturated/α-hetero) is 1. The average molecular weight is 213 g/mol. The monoisotopic (exact) mass is 213 g/mol. The maximum atomic E-state index is 12.3. The van der Waals surface area contributed by atoms with Crippen molar-refractivity contribution < 1.29 is 4.79 Å². The van der Waals surface area contributed by atoms with Crippen molar-refractivity contribution in [3.8, 4) is 0 Å². The zero-order chi connectivity index (χ0) is 11.8. The third kappa shape index (κ3) is 1.83. The highest BCUT2D eigenvalue weighted by molar-refractivity contribution is 6.10. The first kappa shape index (κ1) is 10.8. The number of rotatable bonds is 1. The fourth-order valence-corrected chi connectivity index (χ4v) is 1.72. The fraction of sp³-hybridized carbons (Fsp3) is 0.286. The predicted molar refractivity (Wildman–Crippen MR) is 65.5 cm³/mol. The lowest BCUT2D eigenvalue weighted by molar-refractivity contribution is 0.0860. The van der Waals surface area contributed by atoms with E-state index < -0.39 is 0 Å². The molecule has 0 fully saturated rings. The standard InChI is InChI=1S/C14H15NO/c1-14(2,3)13(16)12-6-4-5-10-9-15-8-7-11(10)12/h4-9H,1-3H3. The number of ketones is 1. The molecule has 0 bridgehead atoms. The first-order chi connectivity index (χ1) is 7.50. The molecule has 0 aliphatic heterocycles. The first-order valence-electron chi connectivity index (χ1n) is 5.38. The van der Waals surface area contributed by atoms with E-state index in [1.807, 2.05) is 45.0 Å². The number of carbonyl (C=O) groups excluding carboxylic acids is 1. The lowest BCUT2D eigenvalue weighted by Crippen LogP contribution is -2.20. The number of nitrogens with zero attached hydrogens (tertiary/aromatic N) is 1. The number of pyridine rings is 1. The van der Waals surface area contributed by atoms with Crippen LogP contribution in [0.3, 0.4) is 0 Å². The molecule has 0 atom stereocenters. The molecule has 0 aliphatic rings. The zero-order valence-corrected chi connectivity index (χ0v) is 9.82. The summed E-state index contributed by atoms with van der Waals surface area (Å²) < 4.78 is 0. The summed E-state index contributed by atoms with van der Waals surface area (Å²) in [5.41, 5.74) is 0.435.